The number of nitriles is 1. The van der Waals surface area contributed by atoms with Crippen LogP contribution in [0.4, 0.5) is 5.69 Å². The zero-order chi connectivity index (χ0) is 10.7. The van der Waals surface area contributed by atoms with Crippen molar-refractivity contribution >= 4 is 5.69 Å². The molecule has 1 aromatic rings. The van der Waals surface area contributed by atoms with E-state index in [1.54, 1.807) is 0 Å². The Morgan fingerprint density at radius 1 is 1.33 bits per heavy atom. The van der Waals surface area contributed by atoms with Crippen LogP contribution in [0.2, 0.25) is 0 Å². The average molecular weight is 202 g/mol. The number of anilines is 1. The first-order valence-electron chi connectivity index (χ1n) is 5.23. The smallest absolute Gasteiger partial charge is 0.0991 e. The molecule has 2 rings (SSSR count). The summed E-state index contributed by atoms with van der Waals surface area (Å²) in [4.78, 5) is 2.16. The fourth-order valence-corrected chi connectivity index (χ4v) is 1.94. The largest absolute Gasteiger partial charge is 0.391 e. The molecule has 0 aromatic heterocycles. The summed E-state index contributed by atoms with van der Waals surface area (Å²) < 4.78 is 0. The molecule has 3 heteroatoms. The van der Waals surface area contributed by atoms with E-state index in [0.29, 0.717) is 12.1 Å². The first-order valence-corrected chi connectivity index (χ1v) is 5.23. The molecule has 0 aliphatic carbocycles. The fraction of sp³-hybridized carbons (Fsp3) is 0.417. The zero-order valence-electron chi connectivity index (χ0n) is 8.56. The van der Waals surface area contributed by atoms with Crippen molar-refractivity contribution in [3.63, 3.8) is 0 Å². The standard InChI is InChI=1S/C12H14N2O/c13-8-10-3-5-11(6-4-10)14-7-1-2-12(15)9-14/h3-6,12,15H,1-2,7,9H2. The second kappa shape index (κ2) is 4.33. The van der Waals surface area contributed by atoms with Crippen LogP contribution in [0.3, 0.4) is 0 Å². The second-order valence-corrected chi connectivity index (χ2v) is 3.90. The summed E-state index contributed by atoms with van der Waals surface area (Å²) in [5.74, 6) is 0. The molecule has 1 aliphatic heterocycles. The molecule has 0 radical (unpaired) electrons. The predicted molar refractivity (Wildman–Crippen MR) is 58.6 cm³/mol. The molecule has 1 aromatic carbocycles. The summed E-state index contributed by atoms with van der Waals surface area (Å²) in [6.45, 7) is 1.69. The number of benzene rings is 1. The highest BCUT2D eigenvalue weighted by Gasteiger charge is 2.17. The molecule has 0 bridgehead atoms. The monoisotopic (exact) mass is 202 g/mol. The molecular formula is C12H14N2O. The van der Waals surface area contributed by atoms with E-state index in [1.807, 2.05) is 24.3 Å². The van der Waals surface area contributed by atoms with Gasteiger partial charge in [0.15, 0.2) is 0 Å². The molecule has 78 valence electrons. The van der Waals surface area contributed by atoms with Crippen molar-refractivity contribution in [1.29, 1.82) is 5.26 Å². The van der Waals surface area contributed by atoms with E-state index in [4.69, 9.17) is 5.26 Å². The number of aliphatic hydroxyl groups is 1. The van der Waals surface area contributed by atoms with Crippen LogP contribution in [0.1, 0.15) is 18.4 Å². The minimum atomic E-state index is -0.214. The van der Waals surface area contributed by atoms with Crippen LogP contribution in [-0.4, -0.2) is 24.3 Å². The molecule has 1 saturated heterocycles. The van der Waals surface area contributed by atoms with Gasteiger partial charge in [-0.3, -0.25) is 0 Å². The molecule has 1 unspecified atom stereocenters. The van der Waals surface area contributed by atoms with Crippen LogP contribution in [0, 0.1) is 11.3 Å². The van der Waals surface area contributed by atoms with Gasteiger partial charge in [-0.1, -0.05) is 0 Å². The highest BCUT2D eigenvalue weighted by Crippen LogP contribution is 2.20. The van der Waals surface area contributed by atoms with E-state index in [1.165, 1.54) is 0 Å². The van der Waals surface area contributed by atoms with Crippen LogP contribution < -0.4 is 4.90 Å². The first-order chi connectivity index (χ1) is 7.29. The maximum Gasteiger partial charge on any atom is 0.0991 e. The molecule has 1 N–H and O–H groups in total. The van der Waals surface area contributed by atoms with Crippen LogP contribution in [0.5, 0.6) is 0 Å². The van der Waals surface area contributed by atoms with E-state index < -0.39 is 0 Å². The maximum absolute atomic E-state index is 9.55. The molecule has 1 atom stereocenters. The normalized spacial score (nSPS) is 21.1. The van der Waals surface area contributed by atoms with Crippen molar-refractivity contribution in [2.45, 2.75) is 18.9 Å². The Morgan fingerprint density at radius 3 is 2.67 bits per heavy atom. The number of hydrogen-bond donors (Lipinski definition) is 1. The Bertz CT molecular complexity index is 366. The summed E-state index contributed by atoms with van der Waals surface area (Å²) in [7, 11) is 0. The summed E-state index contributed by atoms with van der Waals surface area (Å²) in [5, 5.41) is 18.2. The van der Waals surface area contributed by atoms with Crippen LogP contribution in [0.25, 0.3) is 0 Å². The molecule has 1 heterocycles. The summed E-state index contributed by atoms with van der Waals surface area (Å²) in [6.07, 6.45) is 1.71. The Kier molecular flexibility index (Phi) is 2.89. The second-order valence-electron chi connectivity index (χ2n) is 3.90. The molecule has 0 saturated carbocycles. The van der Waals surface area contributed by atoms with E-state index in [-0.39, 0.29) is 6.10 Å². The van der Waals surface area contributed by atoms with Gasteiger partial charge in [-0.2, -0.15) is 5.26 Å². The molecule has 0 amide bonds. The zero-order valence-corrected chi connectivity index (χ0v) is 8.56. The van der Waals surface area contributed by atoms with Gasteiger partial charge in [-0.25, -0.2) is 0 Å². The van der Waals surface area contributed by atoms with Crippen molar-refractivity contribution in [3.8, 4) is 6.07 Å². The van der Waals surface area contributed by atoms with Crippen molar-refractivity contribution in [2.75, 3.05) is 18.0 Å². The van der Waals surface area contributed by atoms with Crippen molar-refractivity contribution in [2.24, 2.45) is 0 Å². The van der Waals surface area contributed by atoms with E-state index in [9.17, 15) is 5.11 Å². The lowest BCUT2D eigenvalue weighted by atomic mass is 10.1. The third kappa shape index (κ3) is 2.28. The summed E-state index contributed by atoms with van der Waals surface area (Å²) in [5.41, 5.74) is 1.77. The Morgan fingerprint density at radius 2 is 2.07 bits per heavy atom. The molecule has 3 nitrogen and oxygen atoms in total. The average Bonchev–Trinajstić information content (AvgIpc) is 2.29. The molecular weight excluding hydrogens is 188 g/mol. The van der Waals surface area contributed by atoms with Gasteiger partial charge in [0.1, 0.15) is 0 Å². The molecule has 1 fully saturated rings. The number of nitrogens with zero attached hydrogens (tertiary/aromatic N) is 2. The number of aliphatic hydroxyl groups excluding tert-OH is 1. The third-order valence-corrected chi connectivity index (χ3v) is 2.76. The Hall–Kier alpha value is -1.53. The minimum Gasteiger partial charge on any atom is -0.391 e. The number of piperidine rings is 1. The topological polar surface area (TPSA) is 47.3 Å². The van der Waals surface area contributed by atoms with Gasteiger partial charge < -0.3 is 10.0 Å². The highest BCUT2D eigenvalue weighted by molar-refractivity contribution is 5.50. The van der Waals surface area contributed by atoms with Gasteiger partial charge in [-0.05, 0) is 37.1 Å². The lowest BCUT2D eigenvalue weighted by Crippen LogP contribution is -2.38. The summed E-state index contributed by atoms with van der Waals surface area (Å²) in [6, 6.07) is 9.61. The maximum atomic E-state index is 9.55. The van der Waals surface area contributed by atoms with Gasteiger partial charge in [0.2, 0.25) is 0 Å². The third-order valence-electron chi connectivity index (χ3n) is 2.76. The molecule has 0 spiro atoms. The lowest BCUT2D eigenvalue weighted by Gasteiger charge is -2.31. The van der Waals surface area contributed by atoms with Crippen molar-refractivity contribution in [1.82, 2.24) is 0 Å². The quantitative estimate of drug-likeness (QED) is 0.751. The Balaban J connectivity index is 2.12. The van der Waals surface area contributed by atoms with Crippen LogP contribution >= 0.6 is 0 Å². The van der Waals surface area contributed by atoms with Crippen LogP contribution in [-0.2, 0) is 0 Å². The molecule has 1 aliphatic rings. The fourth-order valence-electron chi connectivity index (χ4n) is 1.94. The summed E-state index contributed by atoms with van der Waals surface area (Å²) >= 11 is 0. The van der Waals surface area contributed by atoms with Gasteiger partial charge in [-0.15, -0.1) is 0 Å². The number of hydrogen-bond acceptors (Lipinski definition) is 3. The highest BCUT2D eigenvalue weighted by atomic mass is 16.3. The minimum absolute atomic E-state index is 0.214. The van der Waals surface area contributed by atoms with E-state index >= 15 is 0 Å². The predicted octanol–water partition coefficient (Wildman–Crippen LogP) is 1.52. The van der Waals surface area contributed by atoms with E-state index in [0.717, 1.165) is 25.1 Å². The SMILES string of the molecule is N#Cc1ccc(N2CCCC(O)C2)cc1. The number of rotatable bonds is 1. The number of β-amino-alcohol motifs (C(OH)–C–C–N with tert-alkyl or cyclic N) is 1. The lowest BCUT2D eigenvalue weighted by molar-refractivity contribution is 0.154. The van der Waals surface area contributed by atoms with E-state index in [2.05, 4.69) is 11.0 Å². The first kappa shape index (κ1) is 10.0. The van der Waals surface area contributed by atoms with Gasteiger partial charge in [0, 0.05) is 18.8 Å². The Labute approximate surface area is 89.6 Å². The van der Waals surface area contributed by atoms with Gasteiger partial charge in [0.25, 0.3) is 0 Å². The molecule has 15 heavy (non-hydrogen) atoms. The van der Waals surface area contributed by atoms with Crippen LogP contribution in [0.15, 0.2) is 24.3 Å². The van der Waals surface area contributed by atoms with Crippen molar-refractivity contribution < 1.29 is 5.11 Å². The van der Waals surface area contributed by atoms with Gasteiger partial charge >= 0.3 is 0 Å². The van der Waals surface area contributed by atoms with Crippen molar-refractivity contribution in [3.05, 3.63) is 29.8 Å². The van der Waals surface area contributed by atoms with Gasteiger partial charge in [0.05, 0.1) is 17.7 Å².